The number of amides is 1. The zero-order valence-electron chi connectivity index (χ0n) is 16.7. The molecule has 0 fully saturated rings. The maximum Gasteiger partial charge on any atom is 0.313 e. The number of hydrogen-bond acceptors (Lipinski definition) is 3. The van der Waals surface area contributed by atoms with Gasteiger partial charge in [-0.2, -0.15) is 0 Å². The molecule has 3 atom stereocenters. The van der Waals surface area contributed by atoms with Crippen LogP contribution in [0, 0.1) is 11.7 Å². The molecule has 3 rings (SSSR count). The zero-order valence-corrected chi connectivity index (χ0v) is 16.7. The van der Waals surface area contributed by atoms with Gasteiger partial charge in [-0.1, -0.05) is 55.8 Å². The van der Waals surface area contributed by atoms with Gasteiger partial charge >= 0.3 is 5.97 Å². The van der Waals surface area contributed by atoms with Crippen LogP contribution in [0.1, 0.15) is 47.2 Å². The third-order valence-electron chi connectivity index (χ3n) is 5.31. The lowest BCUT2D eigenvalue weighted by molar-refractivity contribution is -0.143. The molecule has 2 aromatic carbocycles. The van der Waals surface area contributed by atoms with Crippen molar-refractivity contribution in [1.29, 1.82) is 0 Å². The highest BCUT2D eigenvalue weighted by Crippen LogP contribution is 2.35. The molecule has 5 heteroatoms. The molecule has 0 unspecified atom stereocenters. The van der Waals surface area contributed by atoms with Crippen molar-refractivity contribution >= 4 is 11.9 Å². The number of hydrogen-bond donors (Lipinski definition) is 1. The summed E-state index contributed by atoms with van der Waals surface area (Å²) in [5.74, 6) is -2.08. The summed E-state index contributed by atoms with van der Waals surface area (Å²) in [6.07, 6.45) is 6.28. The minimum absolute atomic E-state index is 0.163. The van der Waals surface area contributed by atoms with E-state index in [0.717, 1.165) is 12.8 Å². The van der Waals surface area contributed by atoms with Gasteiger partial charge in [0.1, 0.15) is 5.82 Å². The second-order valence-corrected chi connectivity index (χ2v) is 7.33. The molecular weight excluding hydrogens is 369 g/mol. The molecule has 0 saturated carbocycles. The van der Waals surface area contributed by atoms with Crippen molar-refractivity contribution < 1.29 is 18.7 Å². The molecule has 4 nitrogen and oxygen atoms in total. The summed E-state index contributed by atoms with van der Waals surface area (Å²) in [6, 6.07) is 13.6. The number of benzene rings is 2. The van der Waals surface area contributed by atoms with Crippen LogP contribution in [0.5, 0.6) is 0 Å². The van der Waals surface area contributed by atoms with Crippen LogP contribution in [0.4, 0.5) is 4.39 Å². The molecule has 152 valence electrons. The Hall–Kier alpha value is -2.95. The van der Waals surface area contributed by atoms with Gasteiger partial charge in [0.2, 0.25) is 0 Å². The Morgan fingerprint density at radius 3 is 2.52 bits per heavy atom. The van der Waals surface area contributed by atoms with E-state index in [1.165, 1.54) is 18.7 Å². The Bertz CT molecular complexity index is 891. The summed E-state index contributed by atoms with van der Waals surface area (Å²) in [7, 11) is 1.30. The predicted molar refractivity (Wildman–Crippen MR) is 110 cm³/mol. The number of allylic oxidation sites excluding steroid dienone is 1. The van der Waals surface area contributed by atoms with Gasteiger partial charge in [-0.15, -0.1) is 0 Å². The number of halogens is 1. The average molecular weight is 395 g/mol. The maximum atomic E-state index is 14.3. The Balaban J connectivity index is 1.68. The van der Waals surface area contributed by atoms with E-state index in [1.807, 2.05) is 36.4 Å². The number of carbonyl (C=O) groups is 2. The summed E-state index contributed by atoms with van der Waals surface area (Å²) in [6.45, 7) is 2.12. The predicted octanol–water partition coefficient (Wildman–Crippen LogP) is 4.41. The van der Waals surface area contributed by atoms with Gasteiger partial charge in [0.25, 0.3) is 5.91 Å². The molecule has 0 heterocycles. The number of nitrogens with one attached hydrogen (secondary N) is 1. The van der Waals surface area contributed by atoms with Crippen LogP contribution < -0.4 is 5.32 Å². The van der Waals surface area contributed by atoms with Crippen LogP contribution in [-0.4, -0.2) is 25.0 Å². The Morgan fingerprint density at radius 2 is 1.86 bits per heavy atom. The minimum Gasteiger partial charge on any atom is -0.469 e. The van der Waals surface area contributed by atoms with E-state index in [-0.39, 0.29) is 17.9 Å². The molecule has 0 aliphatic heterocycles. The summed E-state index contributed by atoms with van der Waals surface area (Å²) < 4.78 is 19.2. The summed E-state index contributed by atoms with van der Waals surface area (Å²) >= 11 is 0. The first kappa shape index (κ1) is 20.8. The van der Waals surface area contributed by atoms with Crippen molar-refractivity contribution in [2.75, 3.05) is 7.11 Å². The van der Waals surface area contributed by atoms with Crippen LogP contribution in [0.3, 0.4) is 0 Å². The molecule has 0 spiro atoms. The van der Waals surface area contributed by atoms with E-state index in [4.69, 9.17) is 4.74 Å². The van der Waals surface area contributed by atoms with E-state index in [9.17, 15) is 14.0 Å². The van der Waals surface area contributed by atoms with Gasteiger partial charge in [0, 0.05) is 17.2 Å². The Morgan fingerprint density at radius 1 is 1.14 bits per heavy atom. The van der Waals surface area contributed by atoms with Crippen LogP contribution >= 0.6 is 0 Å². The molecule has 1 aliphatic rings. The lowest BCUT2D eigenvalue weighted by Gasteiger charge is -2.22. The lowest BCUT2D eigenvalue weighted by Crippen LogP contribution is -2.33. The van der Waals surface area contributed by atoms with Crippen molar-refractivity contribution in [3.63, 3.8) is 0 Å². The number of ether oxygens (including phenoxy) is 1. The van der Waals surface area contributed by atoms with Gasteiger partial charge in [-0.25, -0.2) is 4.39 Å². The van der Waals surface area contributed by atoms with Gasteiger partial charge < -0.3 is 10.1 Å². The largest absolute Gasteiger partial charge is 0.469 e. The third-order valence-corrected chi connectivity index (χ3v) is 5.31. The SMILES string of the molecule is CCCc1ccc(C(=O)N[C@@H]2C=C[C@@H]([C@H](C(=O)OC)c3ccccc3F)C2)cc1. The lowest BCUT2D eigenvalue weighted by atomic mass is 9.85. The van der Waals surface area contributed by atoms with E-state index < -0.39 is 17.7 Å². The zero-order chi connectivity index (χ0) is 20.8. The van der Waals surface area contributed by atoms with Crippen molar-refractivity contribution in [2.45, 2.75) is 38.1 Å². The Labute approximate surface area is 170 Å². The van der Waals surface area contributed by atoms with Crippen LogP contribution in [0.25, 0.3) is 0 Å². The van der Waals surface area contributed by atoms with Gasteiger partial charge in [-0.3, -0.25) is 9.59 Å². The molecule has 2 aromatic rings. The average Bonchev–Trinajstić information content (AvgIpc) is 3.18. The van der Waals surface area contributed by atoms with Crippen molar-refractivity contribution in [3.8, 4) is 0 Å². The first-order valence-electron chi connectivity index (χ1n) is 9.93. The molecule has 0 saturated heterocycles. The van der Waals surface area contributed by atoms with Gasteiger partial charge in [0.15, 0.2) is 0 Å². The summed E-state index contributed by atoms with van der Waals surface area (Å²) in [5.41, 5.74) is 2.11. The van der Waals surface area contributed by atoms with Gasteiger partial charge in [-0.05, 0) is 42.5 Å². The molecule has 0 radical (unpaired) electrons. The van der Waals surface area contributed by atoms with Crippen molar-refractivity contribution in [1.82, 2.24) is 5.32 Å². The third kappa shape index (κ3) is 4.91. The number of esters is 1. The highest BCUT2D eigenvalue weighted by Gasteiger charge is 2.35. The van der Waals surface area contributed by atoms with Crippen molar-refractivity contribution in [3.05, 3.63) is 83.2 Å². The van der Waals surface area contributed by atoms with E-state index >= 15 is 0 Å². The highest BCUT2D eigenvalue weighted by molar-refractivity contribution is 5.94. The van der Waals surface area contributed by atoms with Gasteiger partial charge in [0.05, 0.1) is 13.0 Å². The number of rotatable bonds is 7. The topological polar surface area (TPSA) is 55.4 Å². The molecule has 29 heavy (non-hydrogen) atoms. The molecule has 1 aliphatic carbocycles. The first-order chi connectivity index (χ1) is 14.0. The second-order valence-electron chi connectivity index (χ2n) is 7.33. The number of carbonyl (C=O) groups excluding carboxylic acids is 2. The minimum atomic E-state index is -0.743. The number of methoxy groups -OCH3 is 1. The quantitative estimate of drug-likeness (QED) is 0.558. The maximum absolute atomic E-state index is 14.3. The van der Waals surface area contributed by atoms with Crippen LogP contribution in [0.2, 0.25) is 0 Å². The summed E-state index contributed by atoms with van der Waals surface area (Å²) in [5, 5.41) is 2.98. The highest BCUT2D eigenvalue weighted by atomic mass is 19.1. The Kier molecular flexibility index (Phi) is 6.81. The molecule has 1 N–H and O–H groups in total. The monoisotopic (exact) mass is 395 g/mol. The molecular formula is C24H26FNO3. The van der Waals surface area contributed by atoms with Crippen molar-refractivity contribution in [2.24, 2.45) is 5.92 Å². The van der Waals surface area contributed by atoms with Crippen LogP contribution in [-0.2, 0) is 16.0 Å². The first-order valence-corrected chi connectivity index (χ1v) is 9.93. The standard InChI is InChI=1S/C24H26FNO3/c1-3-6-16-9-11-17(12-10-16)23(27)26-19-14-13-18(15-19)22(24(28)29-2)20-7-4-5-8-21(20)25/h4-5,7-14,18-19,22H,3,6,15H2,1-2H3,(H,26,27)/t18-,19-,22+/m1/s1. The molecule has 0 aromatic heterocycles. The number of aryl methyl sites for hydroxylation is 1. The fourth-order valence-electron chi connectivity index (χ4n) is 3.83. The normalized spacial score (nSPS) is 19.0. The fraction of sp³-hybridized carbons (Fsp3) is 0.333. The fourth-order valence-corrected chi connectivity index (χ4v) is 3.83. The van der Waals surface area contributed by atoms with E-state index in [0.29, 0.717) is 17.5 Å². The second kappa shape index (κ2) is 9.50. The molecule has 1 amide bonds. The van der Waals surface area contributed by atoms with E-state index in [1.54, 1.807) is 18.2 Å². The molecule has 0 bridgehead atoms. The smallest absolute Gasteiger partial charge is 0.313 e. The summed E-state index contributed by atoms with van der Waals surface area (Å²) in [4.78, 5) is 24.9. The van der Waals surface area contributed by atoms with E-state index in [2.05, 4.69) is 12.2 Å². The van der Waals surface area contributed by atoms with Crippen LogP contribution in [0.15, 0.2) is 60.7 Å².